The first kappa shape index (κ1) is 14.5. The number of benzene rings is 1. The summed E-state index contributed by atoms with van der Waals surface area (Å²) in [5, 5.41) is 9.70. The highest BCUT2D eigenvalue weighted by molar-refractivity contribution is 7.15. The Morgan fingerprint density at radius 1 is 1.29 bits per heavy atom. The fourth-order valence-electron chi connectivity index (χ4n) is 1.89. The van der Waals surface area contributed by atoms with Gasteiger partial charge in [0.1, 0.15) is 6.33 Å². The number of hydrogen-bond acceptors (Lipinski definition) is 4. The van der Waals surface area contributed by atoms with E-state index in [9.17, 15) is 18.3 Å². The number of alkyl halides is 3. The van der Waals surface area contributed by atoms with E-state index in [4.69, 9.17) is 0 Å². The number of halogens is 3. The van der Waals surface area contributed by atoms with Crippen LogP contribution in [-0.2, 0) is 0 Å². The van der Waals surface area contributed by atoms with Crippen LogP contribution in [0.2, 0.25) is 0 Å². The highest BCUT2D eigenvalue weighted by Gasteiger charge is 2.41. The number of aromatic nitrogens is 3. The summed E-state index contributed by atoms with van der Waals surface area (Å²) in [7, 11) is 0. The van der Waals surface area contributed by atoms with Crippen molar-refractivity contribution >= 4 is 43.2 Å². The Hall–Kier alpha value is -1.40. The molecular weight excluding hydrogens is 318 g/mol. The number of hydrogen-bond donors (Lipinski definition) is 1. The molecule has 0 saturated carbocycles. The van der Waals surface area contributed by atoms with E-state index >= 15 is 0 Å². The van der Waals surface area contributed by atoms with Crippen LogP contribution in [0, 0.1) is 0 Å². The van der Waals surface area contributed by atoms with Gasteiger partial charge in [-0.05, 0) is 16.7 Å². The van der Waals surface area contributed by atoms with Crippen molar-refractivity contribution in [3.63, 3.8) is 0 Å². The van der Waals surface area contributed by atoms with Crippen LogP contribution in [0.1, 0.15) is 11.0 Å². The summed E-state index contributed by atoms with van der Waals surface area (Å²) >= 11 is 2.91. The van der Waals surface area contributed by atoms with Gasteiger partial charge in [0.15, 0.2) is 11.2 Å². The van der Waals surface area contributed by atoms with Crippen molar-refractivity contribution in [2.24, 2.45) is 0 Å². The second-order valence-electron chi connectivity index (χ2n) is 4.29. The predicted octanol–water partition coefficient (Wildman–Crippen LogP) is 1.87. The van der Waals surface area contributed by atoms with Crippen LogP contribution in [0.3, 0.4) is 0 Å². The van der Waals surface area contributed by atoms with Gasteiger partial charge in [-0.15, -0.1) is 0 Å². The minimum atomic E-state index is -4.72. The van der Waals surface area contributed by atoms with Crippen LogP contribution in [0.15, 0.2) is 30.6 Å². The molecule has 106 valence electrons. The number of fused-ring (bicyclic) bond motifs is 1. The van der Waals surface area contributed by atoms with Gasteiger partial charge >= 0.3 is 6.18 Å². The Bertz CT molecular complexity index is 798. The molecule has 4 nitrogen and oxygen atoms in total. The zero-order valence-corrected chi connectivity index (χ0v) is 12.3. The van der Waals surface area contributed by atoms with E-state index in [2.05, 4.69) is 26.3 Å². The number of imidazole rings is 1. The summed E-state index contributed by atoms with van der Waals surface area (Å²) in [6.45, 7) is 0. The van der Waals surface area contributed by atoms with Crippen LogP contribution in [0.5, 0.6) is 0 Å². The molecule has 0 aliphatic carbocycles. The van der Waals surface area contributed by atoms with Crippen LogP contribution in [0.4, 0.5) is 13.2 Å². The van der Waals surface area contributed by atoms with Crippen molar-refractivity contribution in [3.05, 3.63) is 35.5 Å². The Kier molecular flexibility index (Phi) is 3.53. The zero-order valence-electron chi connectivity index (χ0n) is 10.4. The van der Waals surface area contributed by atoms with Gasteiger partial charge in [-0.3, -0.25) is 4.57 Å². The first-order valence-electron chi connectivity index (χ1n) is 5.81. The number of rotatable bonds is 2. The average molecular weight is 325 g/mol. The molecule has 21 heavy (non-hydrogen) atoms. The van der Waals surface area contributed by atoms with Gasteiger partial charge in [0.2, 0.25) is 16.3 Å². The molecule has 3 rings (SSSR count). The molecule has 9 heteroatoms. The Morgan fingerprint density at radius 2 is 2.00 bits per heavy atom. The van der Waals surface area contributed by atoms with Gasteiger partial charge < -0.3 is 5.11 Å². The summed E-state index contributed by atoms with van der Waals surface area (Å²) < 4.78 is 39.5. The van der Waals surface area contributed by atoms with E-state index in [1.54, 1.807) is 22.8 Å². The molecule has 0 aliphatic heterocycles. The Balaban J connectivity index is 2.09. The van der Waals surface area contributed by atoms with Crippen molar-refractivity contribution in [2.45, 2.75) is 12.3 Å². The summed E-state index contributed by atoms with van der Waals surface area (Å²) in [6.07, 6.45) is -5.75. The lowest BCUT2D eigenvalue weighted by atomic mass is 10.3. The van der Waals surface area contributed by atoms with Crippen molar-refractivity contribution in [2.75, 3.05) is 0 Å². The molecule has 0 spiro atoms. The van der Waals surface area contributed by atoms with E-state index < -0.39 is 12.3 Å². The largest absolute Gasteiger partial charge is 0.419 e. The van der Waals surface area contributed by atoms with E-state index in [1.165, 1.54) is 6.33 Å². The molecule has 1 aromatic carbocycles. The minimum absolute atomic E-state index is 0.0811. The summed E-state index contributed by atoms with van der Waals surface area (Å²) in [5.41, 5.74) is 1.46. The summed E-state index contributed by atoms with van der Waals surface area (Å²) in [6, 6.07) is 7.22. The standard InChI is InChI=1S/C12H7F3N3OS.Al/c13-12(14,15)10(19)9-5-16-11(20-9)18-6-17-7-3-1-2-4-8(7)18;/h1-4,6,10,19H;. The number of aliphatic hydroxyl groups excluding tert-OH is 1. The third kappa shape index (κ3) is 2.58. The SMILES string of the molecule is OC(c1sc(-n2cnc3ccccc32)n[c]1[Al])C(F)(F)F. The average Bonchev–Trinajstić information content (AvgIpc) is 3.00. The van der Waals surface area contributed by atoms with E-state index in [1.807, 2.05) is 6.07 Å². The lowest BCUT2D eigenvalue weighted by Crippen LogP contribution is -2.24. The first-order valence-corrected chi connectivity index (χ1v) is 7.21. The van der Waals surface area contributed by atoms with Gasteiger partial charge in [-0.1, -0.05) is 23.5 Å². The third-order valence-corrected chi connectivity index (χ3v) is 4.66. The van der Waals surface area contributed by atoms with Gasteiger partial charge in [0.25, 0.3) is 0 Å². The molecule has 2 radical (unpaired) electrons. The van der Waals surface area contributed by atoms with Gasteiger partial charge in [0, 0.05) is 4.88 Å². The lowest BCUT2D eigenvalue weighted by molar-refractivity contribution is -0.205. The maximum atomic E-state index is 12.6. The Morgan fingerprint density at radius 3 is 2.71 bits per heavy atom. The molecule has 0 amide bonds. The second kappa shape index (κ2) is 5.10. The summed E-state index contributed by atoms with van der Waals surface area (Å²) in [5.74, 6) is 0. The number of nitrogens with zero attached hydrogens (tertiary/aromatic N) is 3. The quantitative estimate of drug-likeness (QED) is 0.732. The van der Waals surface area contributed by atoms with Crippen molar-refractivity contribution in [3.8, 4) is 5.13 Å². The van der Waals surface area contributed by atoms with Crippen LogP contribution in [-0.4, -0.2) is 42.1 Å². The number of thiazole rings is 1. The fourth-order valence-corrected chi connectivity index (χ4v) is 3.42. The van der Waals surface area contributed by atoms with Gasteiger partial charge in [0.05, 0.1) is 11.0 Å². The molecule has 1 unspecified atom stereocenters. The second-order valence-corrected chi connectivity index (χ2v) is 5.85. The van der Waals surface area contributed by atoms with Crippen molar-refractivity contribution < 1.29 is 18.3 Å². The van der Waals surface area contributed by atoms with E-state index in [0.29, 0.717) is 5.13 Å². The van der Waals surface area contributed by atoms with E-state index in [-0.39, 0.29) is 9.43 Å². The number of para-hydroxylation sites is 2. The molecule has 0 fully saturated rings. The zero-order chi connectivity index (χ0) is 15.2. The normalized spacial score (nSPS) is 13.7. The molecular formula is C12H7AlF3N3OS. The smallest absolute Gasteiger partial charge is 0.379 e. The topological polar surface area (TPSA) is 50.9 Å². The molecule has 0 aliphatic rings. The highest BCUT2D eigenvalue weighted by atomic mass is 32.1. The molecule has 3 aromatic rings. The number of aliphatic hydroxyl groups is 1. The van der Waals surface area contributed by atoms with Crippen LogP contribution < -0.4 is 4.56 Å². The summed E-state index contributed by atoms with van der Waals surface area (Å²) in [4.78, 5) is 8.01. The first-order chi connectivity index (χ1) is 9.88. The van der Waals surface area contributed by atoms with E-state index in [0.717, 1.165) is 22.4 Å². The highest BCUT2D eigenvalue weighted by Crippen LogP contribution is 2.35. The van der Waals surface area contributed by atoms with Crippen LogP contribution >= 0.6 is 11.3 Å². The maximum Gasteiger partial charge on any atom is 0.419 e. The molecule has 0 saturated heterocycles. The third-order valence-electron chi connectivity index (χ3n) is 2.89. The predicted molar refractivity (Wildman–Crippen MR) is 73.1 cm³/mol. The lowest BCUT2D eigenvalue weighted by Gasteiger charge is -2.13. The Labute approximate surface area is 129 Å². The van der Waals surface area contributed by atoms with Gasteiger partial charge in [-0.2, -0.15) is 13.2 Å². The minimum Gasteiger partial charge on any atom is -0.379 e. The maximum absolute atomic E-state index is 12.6. The monoisotopic (exact) mass is 325 g/mol. The van der Waals surface area contributed by atoms with Gasteiger partial charge in [-0.25, -0.2) is 9.97 Å². The van der Waals surface area contributed by atoms with Crippen molar-refractivity contribution in [1.29, 1.82) is 0 Å². The van der Waals surface area contributed by atoms with Crippen LogP contribution in [0.25, 0.3) is 16.2 Å². The van der Waals surface area contributed by atoms with Crippen molar-refractivity contribution in [1.82, 2.24) is 14.5 Å². The molecule has 2 aromatic heterocycles. The molecule has 1 N–H and O–H groups in total. The fraction of sp³-hybridized carbons (Fsp3) is 0.167. The molecule has 1 atom stereocenters. The molecule has 0 bridgehead atoms. The molecule has 2 heterocycles.